The summed E-state index contributed by atoms with van der Waals surface area (Å²) in [6, 6.07) is 6.74. The maximum atomic E-state index is 13.1. The Labute approximate surface area is 142 Å². The van der Waals surface area contributed by atoms with E-state index in [0.29, 0.717) is 18.4 Å². The molecule has 3 rings (SSSR count). The predicted molar refractivity (Wildman–Crippen MR) is 90.9 cm³/mol. The molecule has 2 heterocycles. The van der Waals surface area contributed by atoms with Gasteiger partial charge in [-0.1, -0.05) is 32.9 Å². The number of hydrogen-bond donors (Lipinski definition) is 0. The molecule has 0 aliphatic carbocycles. The molecule has 0 bridgehead atoms. The first kappa shape index (κ1) is 17.0. The number of halogens is 1. The summed E-state index contributed by atoms with van der Waals surface area (Å²) in [4.78, 5) is 2.52. The van der Waals surface area contributed by atoms with Crippen LogP contribution in [0.1, 0.15) is 51.0 Å². The number of tetrazole rings is 1. The third-order valence-electron chi connectivity index (χ3n) is 4.78. The Kier molecular flexibility index (Phi) is 5.23. The third kappa shape index (κ3) is 3.80. The van der Waals surface area contributed by atoms with Crippen LogP contribution in [0.4, 0.5) is 4.39 Å². The maximum Gasteiger partial charge on any atom is 0.169 e. The van der Waals surface area contributed by atoms with Gasteiger partial charge in [0.1, 0.15) is 5.82 Å². The van der Waals surface area contributed by atoms with Gasteiger partial charge in [-0.15, -0.1) is 5.10 Å². The molecule has 0 unspecified atom stereocenters. The zero-order valence-electron chi connectivity index (χ0n) is 14.7. The van der Waals surface area contributed by atoms with Crippen LogP contribution in [-0.4, -0.2) is 38.2 Å². The molecule has 2 aromatic rings. The number of nitrogens with zero attached hydrogens (tertiary/aromatic N) is 5. The average molecular weight is 331 g/mol. The fraction of sp³-hybridized carbons (Fsp3) is 0.611. The summed E-state index contributed by atoms with van der Waals surface area (Å²) in [5, 5.41) is 12.4. The molecule has 1 aromatic carbocycles. The molecule has 130 valence electrons. The van der Waals surface area contributed by atoms with Gasteiger partial charge in [0.2, 0.25) is 0 Å². The Balaban J connectivity index is 1.84. The second-order valence-corrected chi connectivity index (χ2v) is 7.25. The quantitative estimate of drug-likeness (QED) is 0.843. The van der Waals surface area contributed by atoms with E-state index in [4.69, 9.17) is 0 Å². The first-order valence-corrected chi connectivity index (χ1v) is 8.79. The lowest BCUT2D eigenvalue weighted by Gasteiger charge is -2.38. The second-order valence-electron chi connectivity index (χ2n) is 7.25. The number of hydrogen-bond acceptors (Lipinski definition) is 4. The van der Waals surface area contributed by atoms with Crippen LogP contribution in [0.15, 0.2) is 24.3 Å². The van der Waals surface area contributed by atoms with Gasteiger partial charge in [0.05, 0.1) is 12.6 Å². The van der Waals surface area contributed by atoms with Gasteiger partial charge in [0.15, 0.2) is 5.82 Å². The number of benzene rings is 1. The maximum absolute atomic E-state index is 13.1. The number of aromatic nitrogens is 4. The van der Waals surface area contributed by atoms with Crippen molar-refractivity contribution in [2.24, 2.45) is 11.8 Å². The van der Waals surface area contributed by atoms with Gasteiger partial charge >= 0.3 is 0 Å². The first-order valence-electron chi connectivity index (χ1n) is 8.79. The molecule has 0 N–H and O–H groups in total. The van der Waals surface area contributed by atoms with Crippen LogP contribution >= 0.6 is 0 Å². The molecule has 2 atom stereocenters. The van der Waals surface area contributed by atoms with Crippen LogP contribution in [0.3, 0.4) is 0 Å². The Bertz CT molecular complexity index is 652. The lowest BCUT2D eigenvalue weighted by atomic mass is 9.94. The van der Waals surface area contributed by atoms with Crippen LogP contribution in [0.25, 0.3) is 0 Å². The minimum atomic E-state index is -0.224. The van der Waals surface area contributed by atoms with Gasteiger partial charge in [-0.25, -0.2) is 9.07 Å². The van der Waals surface area contributed by atoms with Gasteiger partial charge in [-0.3, -0.25) is 4.90 Å². The van der Waals surface area contributed by atoms with Crippen molar-refractivity contribution in [1.29, 1.82) is 0 Å². The third-order valence-corrected chi connectivity index (χ3v) is 4.78. The topological polar surface area (TPSA) is 46.8 Å². The Morgan fingerprint density at radius 2 is 2.00 bits per heavy atom. The summed E-state index contributed by atoms with van der Waals surface area (Å²) in [5.41, 5.74) is 1.000. The summed E-state index contributed by atoms with van der Waals surface area (Å²) < 4.78 is 15.0. The summed E-state index contributed by atoms with van der Waals surface area (Å²) in [7, 11) is 0. The molecule has 0 saturated carbocycles. The number of likely N-dealkylation sites (tertiary alicyclic amines) is 1. The van der Waals surface area contributed by atoms with Crippen LogP contribution < -0.4 is 0 Å². The molecule has 0 radical (unpaired) electrons. The monoisotopic (exact) mass is 331 g/mol. The standard InChI is InChI=1S/C18H26FN5/c1-13(2)17(23-10-4-5-14(3)11-23)18-20-21-22-24(18)12-15-6-8-16(19)9-7-15/h6-9,13-14,17H,4-5,10-12H2,1-3H3/t14-,17-/m1/s1. The van der Waals surface area contributed by atoms with E-state index in [1.54, 1.807) is 12.1 Å². The molecule has 0 amide bonds. The molecule has 1 aliphatic rings. The molecule has 1 aromatic heterocycles. The number of piperidine rings is 1. The van der Waals surface area contributed by atoms with Gasteiger partial charge in [0.25, 0.3) is 0 Å². The normalized spacial score (nSPS) is 20.5. The lowest BCUT2D eigenvalue weighted by molar-refractivity contribution is 0.0926. The Hall–Kier alpha value is -1.82. The van der Waals surface area contributed by atoms with Gasteiger partial charge < -0.3 is 0 Å². The van der Waals surface area contributed by atoms with Crippen molar-refractivity contribution >= 4 is 0 Å². The van der Waals surface area contributed by atoms with Crippen molar-refractivity contribution in [3.63, 3.8) is 0 Å². The highest BCUT2D eigenvalue weighted by Gasteiger charge is 2.31. The van der Waals surface area contributed by atoms with Crippen LogP contribution in [0.5, 0.6) is 0 Å². The molecule has 0 spiro atoms. The molecule has 5 nitrogen and oxygen atoms in total. The van der Waals surface area contributed by atoms with Crippen molar-refractivity contribution in [1.82, 2.24) is 25.1 Å². The average Bonchev–Trinajstić information content (AvgIpc) is 2.97. The molecule has 1 saturated heterocycles. The molecular formula is C18H26FN5. The highest BCUT2D eigenvalue weighted by atomic mass is 19.1. The summed E-state index contributed by atoms with van der Waals surface area (Å²) in [5.74, 6) is 1.82. The first-order chi connectivity index (χ1) is 11.5. The summed E-state index contributed by atoms with van der Waals surface area (Å²) in [6.07, 6.45) is 2.52. The predicted octanol–water partition coefficient (Wildman–Crippen LogP) is 3.29. The highest BCUT2D eigenvalue weighted by molar-refractivity contribution is 5.16. The minimum Gasteiger partial charge on any atom is -0.293 e. The smallest absolute Gasteiger partial charge is 0.169 e. The van der Waals surface area contributed by atoms with E-state index in [0.717, 1.165) is 24.5 Å². The van der Waals surface area contributed by atoms with Crippen molar-refractivity contribution in [3.05, 3.63) is 41.5 Å². The summed E-state index contributed by atoms with van der Waals surface area (Å²) >= 11 is 0. The molecule has 1 aliphatic heterocycles. The number of rotatable bonds is 5. The second kappa shape index (κ2) is 7.38. The Morgan fingerprint density at radius 3 is 2.67 bits per heavy atom. The van der Waals surface area contributed by atoms with Crippen LogP contribution in [0.2, 0.25) is 0 Å². The van der Waals surface area contributed by atoms with E-state index < -0.39 is 0 Å². The zero-order valence-corrected chi connectivity index (χ0v) is 14.7. The van der Waals surface area contributed by atoms with E-state index in [-0.39, 0.29) is 11.9 Å². The van der Waals surface area contributed by atoms with Crippen molar-refractivity contribution in [2.45, 2.75) is 46.2 Å². The fourth-order valence-electron chi connectivity index (χ4n) is 3.66. The van der Waals surface area contributed by atoms with Crippen molar-refractivity contribution in [3.8, 4) is 0 Å². The molecular weight excluding hydrogens is 305 g/mol. The Morgan fingerprint density at radius 1 is 1.25 bits per heavy atom. The van der Waals surface area contributed by atoms with E-state index >= 15 is 0 Å². The molecule has 1 fully saturated rings. The zero-order chi connectivity index (χ0) is 17.1. The SMILES string of the molecule is CC(C)[C@H](c1nnnn1Cc1ccc(F)cc1)N1CCC[C@@H](C)C1. The van der Waals surface area contributed by atoms with Crippen LogP contribution in [-0.2, 0) is 6.54 Å². The van der Waals surface area contributed by atoms with Gasteiger partial charge in [0, 0.05) is 6.54 Å². The molecule has 24 heavy (non-hydrogen) atoms. The highest BCUT2D eigenvalue weighted by Crippen LogP contribution is 2.31. The fourth-order valence-corrected chi connectivity index (χ4v) is 3.66. The van der Waals surface area contributed by atoms with E-state index in [1.807, 2.05) is 4.68 Å². The lowest BCUT2D eigenvalue weighted by Crippen LogP contribution is -2.40. The summed E-state index contributed by atoms with van der Waals surface area (Å²) in [6.45, 7) is 9.50. The van der Waals surface area contributed by atoms with Crippen molar-refractivity contribution < 1.29 is 4.39 Å². The van der Waals surface area contributed by atoms with Gasteiger partial charge in [-0.2, -0.15) is 0 Å². The van der Waals surface area contributed by atoms with Crippen molar-refractivity contribution in [2.75, 3.05) is 13.1 Å². The largest absolute Gasteiger partial charge is 0.293 e. The van der Waals surface area contributed by atoms with Crippen LogP contribution in [0, 0.1) is 17.7 Å². The minimum absolute atomic E-state index is 0.211. The van der Waals surface area contributed by atoms with Gasteiger partial charge in [-0.05, 0) is 59.3 Å². The van der Waals surface area contributed by atoms with E-state index in [9.17, 15) is 4.39 Å². The van der Waals surface area contributed by atoms with E-state index in [1.165, 1.54) is 25.0 Å². The molecule has 6 heteroatoms. The van der Waals surface area contributed by atoms with E-state index in [2.05, 4.69) is 41.2 Å².